The Balaban J connectivity index is 1.50. The van der Waals surface area contributed by atoms with Crippen LogP contribution in [0.25, 0.3) is 11.1 Å². The predicted molar refractivity (Wildman–Crippen MR) is 145 cm³/mol. The minimum Gasteiger partial charge on any atom is -0.482 e. The van der Waals surface area contributed by atoms with Crippen molar-refractivity contribution in [1.29, 1.82) is 0 Å². The first kappa shape index (κ1) is 28.0. The Labute approximate surface area is 232 Å². The lowest BCUT2D eigenvalue weighted by molar-refractivity contribution is -0.145. The van der Waals surface area contributed by atoms with E-state index >= 15 is 4.39 Å². The van der Waals surface area contributed by atoms with E-state index in [9.17, 15) is 19.4 Å². The molecule has 1 fully saturated rings. The van der Waals surface area contributed by atoms with Crippen LogP contribution in [-0.2, 0) is 17.8 Å². The van der Waals surface area contributed by atoms with Gasteiger partial charge in [0.05, 0.1) is 25.3 Å². The number of aliphatic hydroxyl groups is 1. The van der Waals surface area contributed by atoms with Crippen LogP contribution in [0.2, 0.25) is 0 Å². The van der Waals surface area contributed by atoms with Crippen molar-refractivity contribution in [3.05, 3.63) is 76.5 Å². The number of aromatic nitrogens is 1. The fraction of sp³-hybridized carbons (Fsp3) is 0.419. The van der Waals surface area contributed by atoms with Crippen LogP contribution in [0.1, 0.15) is 67.6 Å². The van der Waals surface area contributed by atoms with Gasteiger partial charge in [-0.15, -0.1) is 0 Å². The molecule has 7 nitrogen and oxygen atoms in total. The molecular weight excluding hydrogens is 518 g/mol. The minimum atomic E-state index is -1.51. The molecule has 1 aromatic heterocycles. The van der Waals surface area contributed by atoms with Crippen LogP contribution in [0.4, 0.5) is 8.78 Å². The highest BCUT2D eigenvalue weighted by atomic mass is 19.1. The van der Waals surface area contributed by atoms with E-state index in [1.54, 1.807) is 12.1 Å². The maximum absolute atomic E-state index is 15.6. The summed E-state index contributed by atoms with van der Waals surface area (Å²) in [5.74, 6) is -3.23. The first-order valence-corrected chi connectivity index (χ1v) is 13.6. The van der Waals surface area contributed by atoms with Crippen LogP contribution < -0.4 is 9.47 Å². The summed E-state index contributed by atoms with van der Waals surface area (Å²) in [6.07, 6.45) is 2.55. The molecule has 2 aliphatic rings. The van der Waals surface area contributed by atoms with E-state index in [0.29, 0.717) is 42.4 Å². The van der Waals surface area contributed by atoms with Crippen molar-refractivity contribution >= 4 is 5.97 Å². The molecule has 2 N–H and O–H groups in total. The average Bonchev–Trinajstić information content (AvgIpc) is 3.36. The average molecular weight is 553 g/mol. The summed E-state index contributed by atoms with van der Waals surface area (Å²) in [6.45, 7) is 5.09. The van der Waals surface area contributed by atoms with Gasteiger partial charge in [0.15, 0.2) is 11.6 Å². The summed E-state index contributed by atoms with van der Waals surface area (Å²) in [5, 5.41) is 19.8. The molecule has 0 radical (unpaired) electrons. The predicted octanol–water partition coefficient (Wildman–Crippen LogP) is 5.84. The zero-order valence-corrected chi connectivity index (χ0v) is 22.9. The van der Waals surface area contributed by atoms with Gasteiger partial charge in [0.25, 0.3) is 0 Å². The van der Waals surface area contributed by atoms with Gasteiger partial charge in [-0.3, -0.25) is 9.69 Å². The Kier molecular flexibility index (Phi) is 8.05. The molecule has 2 aliphatic heterocycles. The molecule has 2 aromatic carbocycles. The molecule has 1 saturated heterocycles. The summed E-state index contributed by atoms with van der Waals surface area (Å²) in [7, 11) is 1.49. The van der Waals surface area contributed by atoms with E-state index in [0.717, 1.165) is 42.3 Å². The number of aliphatic hydroxyl groups excluding tert-OH is 1. The van der Waals surface area contributed by atoms with Gasteiger partial charge in [0.1, 0.15) is 11.9 Å². The van der Waals surface area contributed by atoms with Gasteiger partial charge in [-0.25, -0.2) is 13.8 Å². The summed E-state index contributed by atoms with van der Waals surface area (Å²) in [6, 6.07) is 10.9. The molecule has 40 heavy (non-hydrogen) atoms. The standard InChI is InChI=1S/C31H34F2N2O5/c1-17-5-4-12-35(17)16-21-13-20(7-9-22(21)24-14-27(39-3)34-15-25(24)32)26-11-8-19-6-10-23(28(33)30(19)40-26)29(36)18(2)31(37)38/h6-7,9-10,13-15,17-18,26,29,36H,4-5,8,11-12,16H2,1-3H3,(H,37,38)/t17-,18-,26?,29+/m0/s1. The lowest BCUT2D eigenvalue weighted by atomic mass is 9.90. The number of hydrogen-bond donors (Lipinski definition) is 2. The van der Waals surface area contributed by atoms with Crippen LogP contribution >= 0.6 is 0 Å². The number of halogens is 2. The topological polar surface area (TPSA) is 92.1 Å². The molecule has 0 saturated carbocycles. The number of aliphatic carboxylic acids is 1. The van der Waals surface area contributed by atoms with E-state index in [1.165, 1.54) is 20.1 Å². The maximum atomic E-state index is 15.6. The fourth-order valence-corrected chi connectivity index (χ4v) is 5.68. The molecule has 3 heterocycles. The number of fused-ring (bicyclic) bond motifs is 1. The number of nitrogens with zero attached hydrogens (tertiary/aromatic N) is 2. The highest BCUT2D eigenvalue weighted by molar-refractivity contribution is 5.71. The molecule has 9 heteroatoms. The molecule has 0 amide bonds. The molecule has 3 aromatic rings. The van der Waals surface area contributed by atoms with Gasteiger partial charge >= 0.3 is 5.97 Å². The number of benzene rings is 2. The Morgan fingerprint density at radius 2 is 2.00 bits per heavy atom. The number of pyridine rings is 1. The van der Waals surface area contributed by atoms with Crippen LogP contribution in [0, 0.1) is 17.6 Å². The van der Waals surface area contributed by atoms with Gasteiger partial charge < -0.3 is 19.7 Å². The molecule has 1 unspecified atom stereocenters. The Morgan fingerprint density at radius 1 is 1.20 bits per heavy atom. The zero-order valence-electron chi connectivity index (χ0n) is 22.9. The van der Waals surface area contributed by atoms with Crippen molar-refractivity contribution < 1.29 is 33.3 Å². The highest BCUT2D eigenvalue weighted by Crippen LogP contribution is 2.41. The van der Waals surface area contributed by atoms with Crippen LogP contribution in [0.5, 0.6) is 11.6 Å². The molecule has 212 valence electrons. The van der Waals surface area contributed by atoms with Crippen molar-refractivity contribution in [2.24, 2.45) is 5.92 Å². The monoisotopic (exact) mass is 552 g/mol. The van der Waals surface area contributed by atoms with Crippen molar-refractivity contribution in [2.45, 2.75) is 64.3 Å². The normalized spacial score (nSPS) is 20.4. The summed E-state index contributed by atoms with van der Waals surface area (Å²) in [5.41, 5.74) is 3.45. The Bertz CT molecular complexity index is 1410. The van der Waals surface area contributed by atoms with Crippen molar-refractivity contribution in [1.82, 2.24) is 9.88 Å². The SMILES string of the molecule is COc1cc(-c2ccc(C3CCc4ccc([C@H](O)[C@H](C)C(=O)O)c(F)c4O3)cc2CN2CCC[C@@H]2C)c(F)cn1. The first-order valence-electron chi connectivity index (χ1n) is 13.6. The third-order valence-electron chi connectivity index (χ3n) is 8.22. The molecule has 4 atom stereocenters. The van der Waals surface area contributed by atoms with Gasteiger partial charge in [-0.2, -0.15) is 0 Å². The zero-order chi connectivity index (χ0) is 28.6. The van der Waals surface area contributed by atoms with E-state index in [-0.39, 0.29) is 11.3 Å². The molecule has 0 spiro atoms. The first-order chi connectivity index (χ1) is 19.2. The number of hydrogen-bond acceptors (Lipinski definition) is 6. The quantitative estimate of drug-likeness (QED) is 0.363. The van der Waals surface area contributed by atoms with Gasteiger partial charge in [-0.05, 0) is 68.3 Å². The number of carbonyl (C=O) groups is 1. The number of ether oxygens (including phenoxy) is 2. The Hall–Kier alpha value is -3.56. The van der Waals surface area contributed by atoms with Crippen LogP contribution in [-0.4, -0.2) is 45.8 Å². The maximum Gasteiger partial charge on any atom is 0.309 e. The second kappa shape index (κ2) is 11.5. The third kappa shape index (κ3) is 5.40. The fourth-order valence-electron chi connectivity index (χ4n) is 5.68. The van der Waals surface area contributed by atoms with Crippen molar-refractivity contribution in [2.75, 3.05) is 13.7 Å². The number of aryl methyl sites for hydroxylation is 1. The number of carboxylic acid groups (broad SMARTS) is 1. The number of likely N-dealkylation sites (tertiary alicyclic amines) is 1. The lowest BCUT2D eigenvalue weighted by Gasteiger charge is -2.29. The van der Waals surface area contributed by atoms with Crippen LogP contribution in [0.3, 0.4) is 0 Å². The number of methoxy groups -OCH3 is 1. The third-order valence-corrected chi connectivity index (χ3v) is 8.22. The summed E-state index contributed by atoms with van der Waals surface area (Å²) < 4.78 is 42.0. The van der Waals surface area contributed by atoms with Crippen molar-refractivity contribution in [3.63, 3.8) is 0 Å². The van der Waals surface area contributed by atoms with Gasteiger partial charge in [-0.1, -0.05) is 30.3 Å². The lowest BCUT2D eigenvalue weighted by Crippen LogP contribution is -2.26. The Morgan fingerprint density at radius 3 is 2.70 bits per heavy atom. The number of rotatable bonds is 8. The number of carboxylic acids is 1. The highest BCUT2D eigenvalue weighted by Gasteiger charge is 2.31. The second-order valence-corrected chi connectivity index (χ2v) is 10.8. The second-order valence-electron chi connectivity index (χ2n) is 10.8. The largest absolute Gasteiger partial charge is 0.482 e. The smallest absolute Gasteiger partial charge is 0.309 e. The van der Waals surface area contributed by atoms with E-state index in [4.69, 9.17) is 9.47 Å². The van der Waals surface area contributed by atoms with Gasteiger partial charge in [0, 0.05) is 29.8 Å². The summed E-state index contributed by atoms with van der Waals surface area (Å²) in [4.78, 5) is 17.7. The van der Waals surface area contributed by atoms with E-state index in [1.807, 2.05) is 18.2 Å². The van der Waals surface area contributed by atoms with Crippen LogP contribution in [0.15, 0.2) is 42.6 Å². The summed E-state index contributed by atoms with van der Waals surface area (Å²) >= 11 is 0. The minimum absolute atomic E-state index is 0.0362. The van der Waals surface area contributed by atoms with Gasteiger partial charge in [0.2, 0.25) is 5.88 Å². The molecule has 5 rings (SSSR count). The van der Waals surface area contributed by atoms with Crippen molar-refractivity contribution in [3.8, 4) is 22.8 Å². The molecular formula is C31H34F2N2O5. The van der Waals surface area contributed by atoms with E-state index < -0.39 is 35.7 Å². The molecule has 0 bridgehead atoms. The van der Waals surface area contributed by atoms with E-state index in [2.05, 4.69) is 16.8 Å². The molecule has 0 aliphatic carbocycles.